The molecule has 0 spiro atoms. The molecule has 1 aromatic heterocycles. The molecule has 3 N–H and O–H groups in total. The molecule has 0 saturated heterocycles. The van der Waals surface area contributed by atoms with Crippen LogP contribution in [-0.2, 0) is 15.0 Å². The Balaban J connectivity index is 2.23. The molecule has 0 radical (unpaired) electrons. The second-order valence-electron chi connectivity index (χ2n) is 7.17. The molecule has 7 nitrogen and oxygen atoms in total. The summed E-state index contributed by atoms with van der Waals surface area (Å²) >= 11 is 0. The van der Waals surface area contributed by atoms with E-state index in [-0.39, 0.29) is 11.1 Å². The van der Waals surface area contributed by atoms with Gasteiger partial charge < -0.3 is 20.4 Å². The number of rotatable bonds is 7. The number of methoxy groups -OCH3 is 1. The van der Waals surface area contributed by atoms with E-state index in [0.29, 0.717) is 23.4 Å². The molecule has 148 valence electrons. The van der Waals surface area contributed by atoms with Crippen molar-refractivity contribution in [1.29, 1.82) is 0 Å². The second kappa shape index (κ2) is 9.03. The van der Waals surface area contributed by atoms with Crippen LogP contribution in [0, 0.1) is 0 Å². The highest BCUT2D eigenvalue weighted by Crippen LogP contribution is 2.24. The standard InChI is InChI=1S/C21H26N4O3/c1-21(2,3)19-17(23-13-24-19)11-18(22-4)20(27)25-15(12-26)10-14-6-8-16(28-5)9-7-14/h6-13,22H,1-5H3,(H,23,24)(H,25,27)/b15-10-,18-11-. The average Bonchev–Trinajstić information content (AvgIpc) is 3.14. The molecule has 2 rings (SSSR count). The van der Waals surface area contributed by atoms with Gasteiger partial charge >= 0.3 is 0 Å². The van der Waals surface area contributed by atoms with Gasteiger partial charge in [-0.15, -0.1) is 0 Å². The summed E-state index contributed by atoms with van der Waals surface area (Å²) in [6.45, 7) is 6.16. The number of hydrogen-bond donors (Lipinski definition) is 3. The first kappa shape index (κ1) is 21.0. The number of aromatic nitrogens is 2. The summed E-state index contributed by atoms with van der Waals surface area (Å²) in [5.74, 6) is 0.278. The Morgan fingerprint density at radius 2 is 1.86 bits per heavy atom. The van der Waals surface area contributed by atoms with Crippen LogP contribution >= 0.6 is 0 Å². The number of imidazole rings is 1. The van der Waals surface area contributed by atoms with Gasteiger partial charge in [0.1, 0.15) is 11.4 Å². The SMILES string of the molecule is CN/C(=C\c1nc[nH]c1C(C)(C)C)C(=O)N/C(C=O)=C\c1ccc(OC)cc1. The number of nitrogens with one attached hydrogen (secondary N) is 3. The highest BCUT2D eigenvalue weighted by atomic mass is 16.5. The van der Waals surface area contributed by atoms with Crippen LogP contribution in [0.5, 0.6) is 5.75 Å². The van der Waals surface area contributed by atoms with E-state index >= 15 is 0 Å². The maximum absolute atomic E-state index is 12.6. The fraction of sp³-hybridized carbons (Fsp3) is 0.286. The normalized spacial score (nSPS) is 12.5. The fourth-order valence-electron chi connectivity index (χ4n) is 2.58. The number of carbonyl (C=O) groups is 2. The largest absolute Gasteiger partial charge is 0.497 e. The van der Waals surface area contributed by atoms with Gasteiger partial charge in [0.15, 0.2) is 6.29 Å². The van der Waals surface area contributed by atoms with Crippen molar-refractivity contribution in [2.75, 3.05) is 14.2 Å². The van der Waals surface area contributed by atoms with Crippen LogP contribution in [0.1, 0.15) is 37.7 Å². The lowest BCUT2D eigenvalue weighted by Gasteiger charge is -2.17. The summed E-state index contributed by atoms with van der Waals surface area (Å²) in [6.07, 6.45) is 5.44. The van der Waals surface area contributed by atoms with Crippen LogP contribution in [0.25, 0.3) is 12.2 Å². The number of aldehydes is 1. The second-order valence-corrected chi connectivity index (χ2v) is 7.17. The van der Waals surface area contributed by atoms with E-state index in [1.54, 1.807) is 56.9 Å². The first-order chi connectivity index (χ1) is 13.3. The summed E-state index contributed by atoms with van der Waals surface area (Å²) in [5, 5.41) is 5.48. The number of likely N-dealkylation sites (N-methyl/N-ethyl adjacent to an activating group) is 1. The number of aromatic amines is 1. The van der Waals surface area contributed by atoms with Crippen LogP contribution < -0.4 is 15.4 Å². The van der Waals surface area contributed by atoms with E-state index in [2.05, 4.69) is 41.4 Å². The minimum atomic E-state index is -0.433. The lowest BCUT2D eigenvalue weighted by atomic mass is 9.90. The van der Waals surface area contributed by atoms with Crippen LogP contribution in [0.3, 0.4) is 0 Å². The maximum Gasteiger partial charge on any atom is 0.271 e. The molecule has 28 heavy (non-hydrogen) atoms. The molecular formula is C21H26N4O3. The first-order valence-corrected chi connectivity index (χ1v) is 8.84. The lowest BCUT2D eigenvalue weighted by molar-refractivity contribution is -0.118. The van der Waals surface area contributed by atoms with Crippen molar-refractivity contribution in [3.05, 3.63) is 58.9 Å². The summed E-state index contributed by atoms with van der Waals surface area (Å²) in [6, 6.07) is 7.15. The van der Waals surface area contributed by atoms with Gasteiger partial charge in [-0.2, -0.15) is 0 Å². The third-order valence-electron chi connectivity index (χ3n) is 4.04. The van der Waals surface area contributed by atoms with E-state index in [1.165, 1.54) is 0 Å². The molecule has 0 aliphatic carbocycles. The molecule has 0 aliphatic heterocycles. The number of nitrogens with zero attached hydrogens (tertiary/aromatic N) is 1. The summed E-state index contributed by atoms with van der Waals surface area (Å²) < 4.78 is 5.11. The van der Waals surface area contributed by atoms with Gasteiger partial charge in [0.25, 0.3) is 5.91 Å². The van der Waals surface area contributed by atoms with Crippen LogP contribution in [0.15, 0.2) is 42.0 Å². The van der Waals surface area contributed by atoms with Gasteiger partial charge in [0.05, 0.1) is 24.8 Å². The van der Waals surface area contributed by atoms with Gasteiger partial charge in [0.2, 0.25) is 0 Å². The predicted octanol–water partition coefficient (Wildman–Crippen LogP) is 2.63. The molecular weight excluding hydrogens is 356 g/mol. The quantitative estimate of drug-likeness (QED) is 0.505. The first-order valence-electron chi connectivity index (χ1n) is 8.84. The van der Waals surface area contributed by atoms with Crippen LogP contribution in [0.4, 0.5) is 0 Å². The maximum atomic E-state index is 12.6. The predicted molar refractivity (Wildman–Crippen MR) is 110 cm³/mol. The molecule has 7 heteroatoms. The summed E-state index contributed by atoms with van der Waals surface area (Å²) in [7, 11) is 3.22. The Labute approximate surface area is 164 Å². The number of hydrogen-bond acceptors (Lipinski definition) is 5. The van der Waals surface area contributed by atoms with Gasteiger partial charge in [-0.3, -0.25) is 9.59 Å². The molecule has 0 aliphatic rings. The molecule has 2 aromatic rings. The third-order valence-corrected chi connectivity index (χ3v) is 4.04. The van der Waals surface area contributed by atoms with E-state index in [0.717, 1.165) is 11.3 Å². The summed E-state index contributed by atoms with van der Waals surface area (Å²) in [5.41, 5.74) is 2.63. The fourth-order valence-corrected chi connectivity index (χ4v) is 2.58. The lowest BCUT2D eigenvalue weighted by Crippen LogP contribution is -2.30. The van der Waals surface area contributed by atoms with Crippen molar-refractivity contribution < 1.29 is 14.3 Å². The zero-order valence-corrected chi connectivity index (χ0v) is 16.8. The molecule has 0 atom stereocenters. The van der Waals surface area contributed by atoms with Crippen LogP contribution in [-0.4, -0.2) is 36.3 Å². The average molecular weight is 382 g/mol. The van der Waals surface area contributed by atoms with Crippen molar-refractivity contribution >= 4 is 24.3 Å². The Bertz CT molecular complexity index is 887. The molecule has 1 amide bonds. The Morgan fingerprint density at radius 3 is 2.39 bits per heavy atom. The van der Waals surface area contributed by atoms with E-state index in [9.17, 15) is 9.59 Å². The van der Waals surface area contributed by atoms with Crippen molar-refractivity contribution in [2.24, 2.45) is 0 Å². The van der Waals surface area contributed by atoms with Gasteiger partial charge in [-0.05, 0) is 29.8 Å². The molecule has 0 fully saturated rings. The topological polar surface area (TPSA) is 96.1 Å². The molecule has 0 saturated carbocycles. The van der Waals surface area contributed by atoms with Gasteiger partial charge in [-0.1, -0.05) is 32.9 Å². The highest BCUT2D eigenvalue weighted by molar-refractivity contribution is 6.01. The smallest absolute Gasteiger partial charge is 0.271 e. The Hall–Kier alpha value is -3.35. The van der Waals surface area contributed by atoms with Crippen molar-refractivity contribution in [1.82, 2.24) is 20.6 Å². The molecule has 0 unspecified atom stereocenters. The number of H-pyrrole nitrogens is 1. The zero-order chi connectivity index (χ0) is 20.7. The number of benzene rings is 1. The molecule has 0 bridgehead atoms. The molecule has 1 aromatic carbocycles. The number of carbonyl (C=O) groups excluding carboxylic acids is 2. The Morgan fingerprint density at radius 1 is 1.18 bits per heavy atom. The van der Waals surface area contributed by atoms with E-state index in [4.69, 9.17) is 4.74 Å². The van der Waals surface area contributed by atoms with Crippen molar-refractivity contribution in [3.63, 3.8) is 0 Å². The van der Waals surface area contributed by atoms with E-state index in [1.807, 2.05) is 0 Å². The highest BCUT2D eigenvalue weighted by Gasteiger charge is 2.20. The van der Waals surface area contributed by atoms with E-state index < -0.39 is 5.91 Å². The minimum Gasteiger partial charge on any atom is -0.497 e. The summed E-state index contributed by atoms with van der Waals surface area (Å²) in [4.78, 5) is 31.4. The number of amides is 1. The van der Waals surface area contributed by atoms with Gasteiger partial charge in [0, 0.05) is 18.2 Å². The monoisotopic (exact) mass is 382 g/mol. The van der Waals surface area contributed by atoms with Crippen molar-refractivity contribution in [3.8, 4) is 5.75 Å². The minimum absolute atomic E-state index is 0.148. The van der Waals surface area contributed by atoms with Gasteiger partial charge in [-0.25, -0.2) is 4.98 Å². The molecule has 1 heterocycles. The third kappa shape index (κ3) is 5.33. The number of allylic oxidation sites excluding steroid dienone is 1. The van der Waals surface area contributed by atoms with Crippen LogP contribution in [0.2, 0.25) is 0 Å². The zero-order valence-electron chi connectivity index (χ0n) is 16.8. The van der Waals surface area contributed by atoms with Crippen molar-refractivity contribution in [2.45, 2.75) is 26.2 Å². The number of ether oxygens (including phenoxy) is 1. The Kier molecular flexibility index (Phi) is 6.76.